The Morgan fingerprint density at radius 3 is 0.913 bits per heavy atom. The van der Waals surface area contributed by atoms with Crippen molar-refractivity contribution in [3.05, 3.63) is 0 Å². The first-order valence-electron chi connectivity index (χ1n) is 11.1. The standard InChI is InChI=1S/C22H47N/c1-4-7-10-13-16-19-22-23(20-17-14-11-8-5-2)21-18-15-12-9-6-3/h4-22H2,1-3H3. The van der Waals surface area contributed by atoms with Crippen molar-refractivity contribution in [3.63, 3.8) is 0 Å². The van der Waals surface area contributed by atoms with Gasteiger partial charge in [0.25, 0.3) is 0 Å². The van der Waals surface area contributed by atoms with E-state index < -0.39 is 0 Å². The SMILES string of the molecule is CCCCCCCCN(CCCCCCC)CCCCCCC. The summed E-state index contributed by atoms with van der Waals surface area (Å²) in [5.41, 5.74) is 0. The lowest BCUT2D eigenvalue weighted by Gasteiger charge is -2.22. The van der Waals surface area contributed by atoms with Crippen LogP contribution in [0.3, 0.4) is 0 Å². The van der Waals surface area contributed by atoms with E-state index in [-0.39, 0.29) is 0 Å². The molecular weight excluding hydrogens is 278 g/mol. The fourth-order valence-corrected chi connectivity index (χ4v) is 3.33. The third-order valence-corrected chi connectivity index (χ3v) is 4.98. The van der Waals surface area contributed by atoms with E-state index in [1.54, 1.807) is 0 Å². The zero-order valence-electron chi connectivity index (χ0n) is 16.9. The summed E-state index contributed by atoms with van der Waals surface area (Å²) in [4.78, 5) is 2.78. The molecule has 23 heavy (non-hydrogen) atoms. The molecule has 0 heterocycles. The molecule has 0 aromatic carbocycles. The average molecular weight is 326 g/mol. The van der Waals surface area contributed by atoms with Gasteiger partial charge in [-0.15, -0.1) is 0 Å². The van der Waals surface area contributed by atoms with E-state index in [0.717, 1.165) is 0 Å². The van der Waals surface area contributed by atoms with Crippen LogP contribution in [0.2, 0.25) is 0 Å². The lowest BCUT2D eigenvalue weighted by Crippen LogP contribution is -2.27. The largest absolute Gasteiger partial charge is 0.303 e. The Hall–Kier alpha value is -0.0400. The number of rotatable bonds is 19. The lowest BCUT2D eigenvalue weighted by molar-refractivity contribution is 0.254. The molecule has 0 saturated carbocycles. The van der Waals surface area contributed by atoms with E-state index in [0.29, 0.717) is 0 Å². The number of nitrogens with zero attached hydrogens (tertiary/aromatic N) is 1. The van der Waals surface area contributed by atoms with Gasteiger partial charge in [0, 0.05) is 0 Å². The van der Waals surface area contributed by atoms with E-state index in [2.05, 4.69) is 25.7 Å². The highest BCUT2D eigenvalue weighted by molar-refractivity contribution is 4.60. The van der Waals surface area contributed by atoms with E-state index in [1.165, 1.54) is 122 Å². The van der Waals surface area contributed by atoms with Crippen LogP contribution in [0.1, 0.15) is 124 Å². The molecule has 1 nitrogen and oxygen atoms in total. The number of hydrogen-bond acceptors (Lipinski definition) is 1. The van der Waals surface area contributed by atoms with Crippen LogP contribution in [0.15, 0.2) is 0 Å². The summed E-state index contributed by atoms with van der Waals surface area (Å²) in [6.07, 6.45) is 22.7. The van der Waals surface area contributed by atoms with Crippen molar-refractivity contribution in [2.24, 2.45) is 0 Å². The van der Waals surface area contributed by atoms with E-state index in [1.807, 2.05) is 0 Å². The number of hydrogen-bond donors (Lipinski definition) is 0. The summed E-state index contributed by atoms with van der Waals surface area (Å²) < 4.78 is 0. The normalized spacial score (nSPS) is 11.5. The van der Waals surface area contributed by atoms with Gasteiger partial charge in [-0.05, 0) is 38.9 Å². The average Bonchev–Trinajstić information content (AvgIpc) is 2.56. The topological polar surface area (TPSA) is 3.24 Å². The summed E-state index contributed by atoms with van der Waals surface area (Å²) in [6, 6.07) is 0. The Balaban J connectivity index is 3.73. The fraction of sp³-hybridized carbons (Fsp3) is 1.00. The molecule has 0 fully saturated rings. The molecule has 0 unspecified atom stereocenters. The molecule has 0 bridgehead atoms. The predicted octanol–water partition coefficient (Wildman–Crippen LogP) is 7.59. The van der Waals surface area contributed by atoms with Crippen molar-refractivity contribution in [3.8, 4) is 0 Å². The van der Waals surface area contributed by atoms with Gasteiger partial charge in [0.15, 0.2) is 0 Å². The molecule has 1 heteroatoms. The van der Waals surface area contributed by atoms with Crippen molar-refractivity contribution in [2.45, 2.75) is 124 Å². The van der Waals surface area contributed by atoms with Gasteiger partial charge < -0.3 is 4.90 Å². The number of unbranched alkanes of at least 4 members (excludes halogenated alkanes) is 13. The molecule has 0 saturated heterocycles. The van der Waals surface area contributed by atoms with E-state index in [4.69, 9.17) is 0 Å². The summed E-state index contributed by atoms with van der Waals surface area (Å²) in [5, 5.41) is 0. The Labute approximate surface area is 148 Å². The molecule has 0 amide bonds. The van der Waals surface area contributed by atoms with Crippen LogP contribution in [-0.4, -0.2) is 24.5 Å². The zero-order valence-corrected chi connectivity index (χ0v) is 16.9. The van der Waals surface area contributed by atoms with Crippen LogP contribution < -0.4 is 0 Å². The first-order chi connectivity index (χ1) is 11.3. The maximum absolute atomic E-state index is 2.78. The highest BCUT2D eigenvalue weighted by atomic mass is 15.1. The van der Waals surface area contributed by atoms with Gasteiger partial charge in [0.1, 0.15) is 0 Å². The van der Waals surface area contributed by atoms with Crippen molar-refractivity contribution < 1.29 is 0 Å². The zero-order chi connectivity index (χ0) is 17.0. The summed E-state index contributed by atoms with van der Waals surface area (Å²) >= 11 is 0. The molecule has 140 valence electrons. The van der Waals surface area contributed by atoms with Crippen molar-refractivity contribution >= 4 is 0 Å². The van der Waals surface area contributed by atoms with Crippen LogP contribution in [0.5, 0.6) is 0 Å². The van der Waals surface area contributed by atoms with Gasteiger partial charge in [-0.3, -0.25) is 0 Å². The molecule has 0 aromatic heterocycles. The minimum absolute atomic E-state index is 1.35. The van der Waals surface area contributed by atoms with Crippen LogP contribution in [-0.2, 0) is 0 Å². The van der Waals surface area contributed by atoms with Crippen LogP contribution in [0.4, 0.5) is 0 Å². The molecule has 0 aliphatic carbocycles. The van der Waals surface area contributed by atoms with Gasteiger partial charge in [-0.25, -0.2) is 0 Å². The van der Waals surface area contributed by atoms with Crippen molar-refractivity contribution in [1.82, 2.24) is 4.90 Å². The van der Waals surface area contributed by atoms with Gasteiger partial charge in [-0.1, -0.05) is 104 Å². The Morgan fingerprint density at radius 1 is 0.348 bits per heavy atom. The van der Waals surface area contributed by atoms with Gasteiger partial charge in [0.2, 0.25) is 0 Å². The fourth-order valence-electron chi connectivity index (χ4n) is 3.33. The molecule has 0 aliphatic rings. The molecule has 0 aromatic rings. The van der Waals surface area contributed by atoms with Crippen molar-refractivity contribution in [2.75, 3.05) is 19.6 Å². The van der Waals surface area contributed by atoms with Gasteiger partial charge >= 0.3 is 0 Å². The van der Waals surface area contributed by atoms with Crippen molar-refractivity contribution in [1.29, 1.82) is 0 Å². The summed E-state index contributed by atoms with van der Waals surface area (Å²) in [7, 11) is 0. The Kier molecular flexibility index (Phi) is 20.0. The highest BCUT2D eigenvalue weighted by Gasteiger charge is 2.04. The first kappa shape index (κ1) is 23.0. The van der Waals surface area contributed by atoms with Gasteiger partial charge in [0.05, 0.1) is 0 Å². The molecule has 0 atom stereocenters. The third-order valence-electron chi connectivity index (χ3n) is 4.98. The van der Waals surface area contributed by atoms with Crippen LogP contribution in [0.25, 0.3) is 0 Å². The molecule has 0 radical (unpaired) electrons. The summed E-state index contributed by atoms with van der Waals surface area (Å²) in [6.45, 7) is 11.0. The minimum atomic E-state index is 1.35. The van der Waals surface area contributed by atoms with Crippen LogP contribution in [0, 0.1) is 0 Å². The molecule has 0 aliphatic heterocycles. The maximum Gasteiger partial charge on any atom is -0.00187 e. The smallest absolute Gasteiger partial charge is 0.00187 e. The van der Waals surface area contributed by atoms with E-state index in [9.17, 15) is 0 Å². The second kappa shape index (κ2) is 20.0. The van der Waals surface area contributed by atoms with E-state index >= 15 is 0 Å². The molecule has 0 N–H and O–H groups in total. The summed E-state index contributed by atoms with van der Waals surface area (Å²) in [5.74, 6) is 0. The second-order valence-corrected chi connectivity index (χ2v) is 7.44. The maximum atomic E-state index is 2.78. The molecule has 0 rings (SSSR count). The first-order valence-corrected chi connectivity index (χ1v) is 11.1. The highest BCUT2D eigenvalue weighted by Crippen LogP contribution is 2.10. The molecule has 0 spiro atoms. The second-order valence-electron chi connectivity index (χ2n) is 7.44. The predicted molar refractivity (Wildman–Crippen MR) is 107 cm³/mol. The quantitative estimate of drug-likeness (QED) is 0.221. The Bertz CT molecular complexity index is 188. The minimum Gasteiger partial charge on any atom is -0.303 e. The monoisotopic (exact) mass is 325 g/mol. The lowest BCUT2D eigenvalue weighted by atomic mass is 10.1. The third kappa shape index (κ3) is 18.1. The molecular formula is C22H47N. The Morgan fingerprint density at radius 2 is 0.609 bits per heavy atom. The van der Waals surface area contributed by atoms with Gasteiger partial charge in [-0.2, -0.15) is 0 Å². The van der Waals surface area contributed by atoms with Crippen LogP contribution >= 0.6 is 0 Å².